The van der Waals surface area contributed by atoms with E-state index in [0.29, 0.717) is 82.4 Å². The molecule has 4 nitrogen and oxygen atoms in total. The predicted octanol–water partition coefficient (Wildman–Crippen LogP) is 11.9. The molecule has 15 fully saturated rings. The first-order chi connectivity index (χ1) is 30.4. The number of carbonyl (C=O) groups excluding carboxylic acids is 4. The Kier molecular flexibility index (Phi) is 8.82. The van der Waals surface area contributed by atoms with E-state index >= 15 is 9.59 Å². The molecular formula is C58H80O4. The summed E-state index contributed by atoms with van der Waals surface area (Å²) in [5.74, 6) is 17.2. The SMILES string of the molecule is O=C1C2CC(C3CC4C(=O)C5CCCCC5C4C4C3C(=O)C3C5CCCC6CCC7CCCC(C7C65)C34)CCC2C2C1CCC1C(=O)C3CC4C(CCC5CCCCC54)CC3C12. The summed E-state index contributed by atoms with van der Waals surface area (Å²) in [6, 6.07) is 0. The molecule has 0 heterocycles. The van der Waals surface area contributed by atoms with Crippen molar-refractivity contribution in [3.05, 3.63) is 0 Å². The topological polar surface area (TPSA) is 68.3 Å². The van der Waals surface area contributed by atoms with E-state index in [4.69, 9.17) is 0 Å². The van der Waals surface area contributed by atoms with Crippen LogP contribution in [0.25, 0.3) is 0 Å². The minimum atomic E-state index is 0.142. The van der Waals surface area contributed by atoms with E-state index in [0.717, 1.165) is 97.6 Å². The number of hydrogen-bond acceptors (Lipinski definition) is 4. The van der Waals surface area contributed by atoms with Crippen molar-refractivity contribution < 1.29 is 19.2 Å². The van der Waals surface area contributed by atoms with Crippen LogP contribution in [0.2, 0.25) is 0 Å². The van der Waals surface area contributed by atoms with Gasteiger partial charge in [-0.25, -0.2) is 0 Å². The minimum Gasteiger partial charge on any atom is -0.299 e. The maximum Gasteiger partial charge on any atom is 0.140 e. The molecule has 0 N–H and O–H groups in total. The lowest BCUT2D eigenvalue weighted by molar-refractivity contribution is -0.151. The van der Waals surface area contributed by atoms with E-state index in [2.05, 4.69) is 0 Å². The summed E-state index contributed by atoms with van der Waals surface area (Å²) in [6.07, 6.45) is 33.2. The average molecular weight is 841 g/mol. The second-order valence-corrected chi connectivity index (χ2v) is 27.1. The molecule has 0 saturated heterocycles. The van der Waals surface area contributed by atoms with Crippen molar-refractivity contribution in [2.45, 2.75) is 167 Å². The Labute approximate surface area is 373 Å². The molecular weight excluding hydrogens is 761 g/mol. The molecule has 336 valence electrons. The van der Waals surface area contributed by atoms with Crippen molar-refractivity contribution in [2.24, 2.45) is 166 Å². The lowest BCUT2D eigenvalue weighted by Crippen LogP contribution is -2.57. The zero-order chi connectivity index (χ0) is 40.9. The molecule has 15 saturated carbocycles. The molecule has 28 atom stereocenters. The molecule has 4 heteroatoms. The van der Waals surface area contributed by atoms with Gasteiger partial charge in [0.2, 0.25) is 0 Å². The van der Waals surface area contributed by atoms with Gasteiger partial charge in [0.05, 0.1) is 0 Å². The first kappa shape index (κ1) is 38.8. The van der Waals surface area contributed by atoms with Crippen LogP contribution < -0.4 is 0 Å². The molecule has 0 bridgehead atoms. The highest BCUT2D eigenvalue weighted by atomic mass is 16.1. The van der Waals surface area contributed by atoms with Gasteiger partial charge in [-0.15, -0.1) is 0 Å². The molecule has 28 unspecified atom stereocenters. The van der Waals surface area contributed by atoms with E-state index in [1.165, 1.54) is 128 Å². The maximum absolute atomic E-state index is 16.0. The van der Waals surface area contributed by atoms with Gasteiger partial charge in [-0.3, -0.25) is 19.2 Å². The second-order valence-electron chi connectivity index (χ2n) is 27.1. The van der Waals surface area contributed by atoms with Gasteiger partial charge < -0.3 is 0 Å². The average Bonchev–Trinajstić information content (AvgIpc) is 3.98. The van der Waals surface area contributed by atoms with Gasteiger partial charge in [-0.2, -0.15) is 0 Å². The summed E-state index contributed by atoms with van der Waals surface area (Å²) in [7, 11) is 0. The Morgan fingerprint density at radius 3 is 1.55 bits per heavy atom. The largest absolute Gasteiger partial charge is 0.299 e. The maximum atomic E-state index is 16.0. The Bertz CT molecular complexity index is 1900. The number of ketones is 4. The molecule has 0 radical (unpaired) electrons. The third-order valence-electron chi connectivity index (χ3n) is 26.3. The molecule has 15 aliphatic carbocycles. The monoisotopic (exact) mass is 841 g/mol. The fourth-order valence-electron chi connectivity index (χ4n) is 25.1. The van der Waals surface area contributed by atoms with Gasteiger partial charge in [0, 0.05) is 47.3 Å². The number of Topliss-reactive ketones (excluding diaryl/α,β-unsaturated/α-hetero) is 4. The Morgan fingerprint density at radius 1 is 0.226 bits per heavy atom. The highest BCUT2D eigenvalue weighted by molar-refractivity contribution is 5.92. The Balaban J connectivity index is 0.753. The normalized spacial score (nSPS) is 61.3. The summed E-state index contributed by atoms with van der Waals surface area (Å²) in [5, 5.41) is 0. The zero-order valence-electron chi connectivity index (χ0n) is 38.2. The summed E-state index contributed by atoms with van der Waals surface area (Å²) in [5.41, 5.74) is 0. The van der Waals surface area contributed by atoms with Gasteiger partial charge in [-0.05, 0) is 228 Å². The minimum absolute atomic E-state index is 0.142. The van der Waals surface area contributed by atoms with Crippen LogP contribution in [0, 0.1) is 166 Å². The van der Waals surface area contributed by atoms with Gasteiger partial charge in [0.1, 0.15) is 23.1 Å². The van der Waals surface area contributed by atoms with Crippen molar-refractivity contribution in [3.63, 3.8) is 0 Å². The summed E-state index contributed by atoms with van der Waals surface area (Å²) < 4.78 is 0. The fourth-order valence-corrected chi connectivity index (χ4v) is 25.1. The van der Waals surface area contributed by atoms with Crippen LogP contribution in [0.15, 0.2) is 0 Å². The van der Waals surface area contributed by atoms with E-state index in [1.807, 2.05) is 0 Å². The predicted molar refractivity (Wildman–Crippen MR) is 238 cm³/mol. The van der Waals surface area contributed by atoms with Crippen molar-refractivity contribution in [1.82, 2.24) is 0 Å². The van der Waals surface area contributed by atoms with Crippen LogP contribution in [0.1, 0.15) is 167 Å². The molecule has 0 amide bonds. The molecule has 15 rings (SSSR count). The number of hydrogen-bond donors (Lipinski definition) is 0. The van der Waals surface area contributed by atoms with E-state index < -0.39 is 0 Å². The standard InChI is InChI=1S/C58H80O4/c59-55-35-12-4-3-11-33(35)49-45(55)26-41(53-54(49)51-36-13-5-8-28-16-17-29-9-6-14-37(47(29)46(28)36)52(51)58(53)62)31-19-20-34-43(24-31)56(60)38-21-22-39-50(48(34)38)42-23-30-18-15-27-7-1-2-10-32(27)40(30)25-44(42)57(39)61/h27-54H,1-26H2. The molecule has 15 aliphatic rings. The lowest BCUT2D eigenvalue weighted by atomic mass is 9.42. The molecule has 0 aromatic carbocycles. The Morgan fingerprint density at radius 2 is 0.742 bits per heavy atom. The summed E-state index contributed by atoms with van der Waals surface area (Å²) in [4.78, 5) is 60.6. The van der Waals surface area contributed by atoms with Gasteiger partial charge >= 0.3 is 0 Å². The molecule has 0 aromatic rings. The van der Waals surface area contributed by atoms with E-state index in [9.17, 15) is 9.59 Å². The Hall–Kier alpha value is -1.32. The third kappa shape index (κ3) is 5.05. The first-order valence-electron chi connectivity index (χ1n) is 28.6. The molecule has 0 spiro atoms. The van der Waals surface area contributed by atoms with Crippen LogP contribution in [-0.2, 0) is 19.2 Å². The quantitative estimate of drug-likeness (QED) is 0.264. The second kappa shape index (κ2) is 14.1. The van der Waals surface area contributed by atoms with Gasteiger partial charge in [-0.1, -0.05) is 57.8 Å². The van der Waals surface area contributed by atoms with Crippen LogP contribution in [0.3, 0.4) is 0 Å². The number of rotatable bonds is 1. The van der Waals surface area contributed by atoms with Crippen molar-refractivity contribution in [2.75, 3.05) is 0 Å². The fraction of sp³-hybridized carbons (Fsp3) is 0.931. The van der Waals surface area contributed by atoms with Gasteiger partial charge in [0.25, 0.3) is 0 Å². The van der Waals surface area contributed by atoms with Gasteiger partial charge in [0.15, 0.2) is 0 Å². The number of fused-ring (bicyclic) bond motifs is 19. The van der Waals surface area contributed by atoms with Crippen LogP contribution in [-0.4, -0.2) is 23.1 Å². The first-order valence-corrected chi connectivity index (χ1v) is 28.6. The van der Waals surface area contributed by atoms with Crippen molar-refractivity contribution in [1.29, 1.82) is 0 Å². The van der Waals surface area contributed by atoms with Crippen molar-refractivity contribution in [3.8, 4) is 0 Å². The summed E-state index contributed by atoms with van der Waals surface area (Å²) >= 11 is 0. The highest BCUT2D eigenvalue weighted by Crippen LogP contribution is 2.74. The molecule has 0 aliphatic heterocycles. The van der Waals surface area contributed by atoms with Crippen LogP contribution in [0.4, 0.5) is 0 Å². The van der Waals surface area contributed by atoms with Crippen LogP contribution in [0.5, 0.6) is 0 Å². The van der Waals surface area contributed by atoms with Crippen molar-refractivity contribution >= 4 is 23.1 Å². The van der Waals surface area contributed by atoms with Crippen LogP contribution >= 0.6 is 0 Å². The zero-order valence-corrected chi connectivity index (χ0v) is 38.2. The highest BCUT2D eigenvalue weighted by Gasteiger charge is 2.73. The third-order valence-corrected chi connectivity index (χ3v) is 26.3. The lowest BCUT2D eigenvalue weighted by Gasteiger charge is -2.62. The smallest absolute Gasteiger partial charge is 0.140 e. The summed E-state index contributed by atoms with van der Waals surface area (Å²) in [6.45, 7) is 0. The van der Waals surface area contributed by atoms with E-state index in [1.54, 1.807) is 0 Å². The van der Waals surface area contributed by atoms with E-state index in [-0.39, 0.29) is 47.3 Å². The number of carbonyl (C=O) groups is 4. The molecule has 62 heavy (non-hydrogen) atoms. The molecule has 0 aromatic heterocycles.